The highest BCUT2D eigenvalue weighted by molar-refractivity contribution is 5.80. The largest absolute Gasteiger partial charge is 0.496 e. The molecule has 0 amide bonds. The van der Waals surface area contributed by atoms with Gasteiger partial charge in [-0.3, -0.25) is 0 Å². The summed E-state index contributed by atoms with van der Waals surface area (Å²) in [6, 6.07) is 12.8. The minimum atomic E-state index is -0.214. The second kappa shape index (κ2) is 5.58. The zero-order valence-corrected chi connectivity index (χ0v) is 11.8. The molecule has 0 radical (unpaired) electrons. The standard InChI is InChI=1S/C17H17FN2O/c1-21-17-8-12(2-3-14(17)10-19)11-20-7-6-13-9-15(18)4-5-16(13)20/h2-9H,10-11,19H2,1H3. The van der Waals surface area contributed by atoms with Crippen molar-refractivity contribution in [2.75, 3.05) is 7.11 Å². The maximum atomic E-state index is 13.2. The average Bonchev–Trinajstić information content (AvgIpc) is 2.89. The van der Waals surface area contributed by atoms with E-state index in [1.807, 2.05) is 30.5 Å². The van der Waals surface area contributed by atoms with Crippen LogP contribution in [-0.4, -0.2) is 11.7 Å². The smallest absolute Gasteiger partial charge is 0.123 e. The van der Waals surface area contributed by atoms with Gasteiger partial charge in [-0.15, -0.1) is 0 Å². The third-order valence-electron chi connectivity index (χ3n) is 3.66. The number of rotatable bonds is 4. The topological polar surface area (TPSA) is 40.2 Å². The van der Waals surface area contributed by atoms with Crippen molar-refractivity contribution in [3.8, 4) is 5.75 Å². The summed E-state index contributed by atoms with van der Waals surface area (Å²) < 4.78 is 20.7. The van der Waals surface area contributed by atoms with Crippen LogP contribution < -0.4 is 10.5 Å². The Balaban J connectivity index is 1.95. The summed E-state index contributed by atoms with van der Waals surface area (Å²) in [5, 5.41) is 0.903. The Morgan fingerprint density at radius 1 is 1.14 bits per heavy atom. The molecule has 0 aliphatic heterocycles. The number of hydrogen-bond acceptors (Lipinski definition) is 2. The van der Waals surface area contributed by atoms with E-state index in [0.717, 1.165) is 27.8 Å². The van der Waals surface area contributed by atoms with E-state index < -0.39 is 0 Å². The molecule has 0 bridgehead atoms. The number of ether oxygens (including phenoxy) is 1. The van der Waals surface area contributed by atoms with Crippen molar-refractivity contribution >= 4 is 10.9 Å². The van der Waals surface area contributed by atoms with Crippen LogP contribution in [0.1, 0.15) is 11.1 Å². The molecule has 2 aromatic carbocycles. The van der Waals surface area contributed by atoms with Gasteiger partial charge in [-0.05, 0) is 35.9 Å². The minimum absolute atomic E-state index is 0.214. The highest BCUT2D eigenvalue weighted by Gasteiger charge is 2.06. The molecule has 3 rings (SSSR count). The summed E-state index contributed by atoms with van der Waals surface area (Å²) in [5.41, 5.74) is 8.80. The Kier molecular flexibility index (Phi) is 3.62. The van der Waals surface area contributed by atoms with E-state index in [1.165, 1.54) is 6.07 Å². The van der Waals surface area contributed by atoms with Crippen molar-refractivity contribution in [2.45, 2.75) is 13.1 Å². The normalized spacial score (nSPS) is 11.0. The van der Waals surface area contributed by atoms with Gasteiger partial charge in [-0.2, -0.15) is 0 Å². The van der Waals surface area contributed by atoms with Crippen LogP contribution in [0.15, 0.2) is 48.7 Å². The molecule has 21 heavy (non-hydrogen) atoms. The molecule has 0 saturated heterocycles. The summed E-state index contributed by atoms with van der Waals surface area (Å²) in [7, 11) is 1.64. The molecule has 3 nitrogen and oxygen atoms in total. The molecular formula is C17H17FN2O. The lowest BCUT2D eigenvalue weighted by Crippen LogP contribution is -2.03. The van der Waals surface area contributed by atoms with Gasteiger partial charge in [0.2, 0.25) is 0 Å². The predicted molar refractivity (Wildman–Crippen MR) is 81.9 cm³/mol. The first-order valence-electron chi connectivity index (χ1n) is 6.81. The molecular weight excluding hydrogens is 267 g/mol. The Bertz CT molecular complexity index is 780. The lowest BCUT2D eigenvalue weighted by atomic mass is 10.1. The van der Waals surface area contributed by atoms with Crippen molar-refractivity contribution in [1.82, 2.24) is 4.57 Å². The molecule has 2 N–H and O–H groups in total. The van der Waals surface area contributed by atoms with Gasteiger partial charge >= 0.3 is 0 Å². The van der Waals surface area contributed by atoms with Crippen LogP contribution in [-0.2, 0) is 13.1 Å². The van der Waals surface area contributed by atoms with Crippen molar-refractivity contribution in [3.63, 3.8) is 0 Å². The molecule has 0 atom stereocenters. The molecule has 0 unspecified atom stereocenters. The van der Waals surface area contributed by atoms with E-state index >= 15 is 0 Å². The van der Waals surface area contributed by atoms with E-state index in [-0.39, 0.29) is 5.82 Å². The van der Waals surface area contributed by atoms with Gasteiger partial charge in [0, 0.05) is 35.8 Å². The van der Waals surface area contributed by atoms with Crippen molar-refractivity contribution < 1.29 is 9.13 Å². The number of methoxy groups -OCH3 is 1. The summed E-state index contributed by atoms with van der Waals surface area (Å²) in [6.07, 6.45) is 1.97. The molecule has 108 valence electrons. The van der Waals surface area contributed by atoms with Crippen LogP contribution in [0.3, 0.4) is 0 Å². The van der Waals surface area contributed by atoms with Gasteiger partial charge in [0.05, 0.1) is 7.11 Å². The van der Waals surface area contributed by atoms with Crippen LogP contribution in [0.2, 0.25) is 0 Å². The zero-order chi connectivity index (χ0) is 14.8. The first-order chi connectivity index (χ1) is 10.2. The first kappa shape index (κ1) is 13.6. The first-order valence-corrected chi connectivity index (χ1v) is 6.81. The van der Waals surface area contributed by atoms with Crippen LogP contribution in [0.4, 0.5) is 4.39 Å². The predicted octanol–water partition coefficient (Wildman–Crippen LogP) is 3.30. The van der Waals surface area contributed by atoms with Crippen LogP contribution in [0, 0.1) is 5.82 Å². The molecule has 1 heterocycles. The molecule has 0 aliphatic carbocycles. The summed E-state index contributed by atoms with van der Waals surface area (Å²) in [4.78, 5) is 0. The molecule has 4 heteroatoms. The van der Waals surface area contributed by atoms with E-state index in [2.05, 4.69) is 4.57 Å². The maximum Gasteiger partial charge on any atom is 0.123 e. The monoisotopic (exact) mass is 284 g/mol. The number of halogens is 1. The lowest BCUT2D eigenvalue weighted by Gasteiger charge is -2.11. The second-order valence-corrected chi connectivity index (χ2v) is 5.00. The number of nitrogens with zero attached hydrogens (tertiary/aromatic N) is 1. The van der Waals surface area contributed by atoms with Gasteiger partial charge in [-0.1, -0.05) is 12.1 Å². The van der Waals surface area contributed by atoms with Gasteiger partial charge in [0.25, 0.3) is 0 Å². The van der Waals surface area contributed by atoms with Crippen molar-refractivity contribution in [2.24, 2.45) is 5.73 Å². The van der Waals surface area contributed by atoms with Gasteiger partial charge < -0.3 is 15.0 Å². The highest BCUT2D eigenvalue weighted by atomic mass is 19.1. The Labute approximate surface area is 122 Å². The molecule has 0 saturated carbocycles. The number of benzene rings is 2. The second-order valence-electron chi connectivity index (χ2n) is 5.00. The van der Waals surface area contributed by atoms with E-state index in [0.29, 0.717) is 13.1 Å². The summed E-state index contributed by atoms with van der Waals surface area (Å²) in [6.45, 7) is 1.16. The highest BCUT2D eigenvalue weighted by Crippen LogP contribution is 2.22. The number of aromatic nitrogens is 1. The quantitative estimate of drug-likeness (QED) is 0.798. The third-order valence-corrected chi connectivity index (χ3v) is 3.66. The fraction of sp³-hybridized carbons (Fsp3) is 0.176. The molecule has 0 fully saturated rings. The fourth-order valence-corrected chi connectivity index (χ4v) is 2.56. The number of fused-ring (bicyclic) bond motifs is 1. The van der Waals surface area contributed by atoms with Gasteiger partial charge in [-0.25, -0.2) is 4.39 Å². The van der Waals surface area contributed by atoms with Crippen LogP contribution in [0.5, 0.6) is 5.75 Å². The van der Waals surface area contributed by atoms with Crippen molar-refractivity contribution in [1.29, 1.82) is 0 Å². The van der Waals surface area contributed by atoms with Crippen LogP contribution in [0.25, 0.3) is 10.9 Å². The summed E-state index contributed by atoms with van der Waals surface area (Å²) >= 11 is 0. The fourth-order valence-electron chi connectivity index (χ4n) is 2.56. The van der Waals surface area contributed by atoms with E-state index in [4.69, 9.17) is 10.5 Å². The van der Waals surface area contributed by atoms with Crippen molar-refractivity contribution in [3.05, 3.63) is 65.6 Å². The number of hydrogen-bond donors (Lipinski definition) is 1. The summed E-state index contributed by atoms with van der Waals surface area (Å²) in [5.74, 6) is 0.590. The zero-order valence-electron chi connectivity index (χ0n) is 11.8. The Morgan fingerprint density at radius 3 is 2.76 bits per heavy atom. The molecule has 0 aliphatic rings. The van der Waals surface area contributed by atoms with Crippen LogP contribution >= 0.6 is 0 Å². The van der Waals surface area contributed by atoms with Gasteiger partial charge in [0.1, 0.15) is 11.6 Å². The molecule has 3 aromatic rings. The molecule has 0 spiro atoms. The Hall–Kier alpha value is -2.33. The van der Waals surface area contributed by atoms with E-state index in [9.17, 15) is 4.39 Å². The Morgan fingerprint density at radius 2 is 2.00 bits per heavy atom. The third kappa shape index (κ3) is 2.62. The lowest BCUT2D eigenvalue weighted by molar-refractivity contribution is 0.409. The molecule has 1 aromatic heterocycles. The average molecular weight is 284 g/mol. The number of nitrogens with two attached hydrogens (primary N) is 1. The maximum absolute atomic E-state index is 13.2. The van der Waals surface area contributed by atoms with E-state index in [1.54, 1.807) is 19.2 Å². The van der Waals surface area contributed by atoms with Gasteiger partial charge in [0.15, 0.2) is 0 Å². The SMILES string of the molecule is COc1cc(Cn2ccc3cc(F)ccc32)ccc1CN. The minimum Gasteiger partial charge on any atom is -0.496 e.